The normalized spacial score (nSPS) is 15.5. The Morgan fingerprint density at radius 3 is 2.24 bits per heavy atom. The van der Waals surface area contributed by atoms with Crippen LogP contribution in [0.15, 0.2) is 77.7 Å². The van der Waals surface area contributed by atoms with Crippen molar-refractivity contribution in [2.24, 2.45) is 11.8 Å². The summed E-state index contributed by atoms with van der Waals surface area (Å²) in [6.07, 6.45) is -1.28. The number of hydrogen-bond donors (Lipinski definition) is 3. The molecule has 1 aliphatic heterocycles. The van der Waals surface area contributed by atoms with Gasteiger partial charge >= 0.3 is 6.03 Å². The highest BCUT2D eigenvalue weighted by atomic mass is 35.5. The number of nitrogen functional groups attached to an aromatic ring is 1. The lowest BCUT2D eigenvalue weighted by Crippen LogP contribution is -2.57. The number of halogens is 1. The van der Waals surface area contributed by atoms with Crippen molar-refractivity contribution < 1.29 is 32.8 Å². The molecule has 1 aliphatic rings. The van der Waals surface area contributed by atoms with Gasteiger partial charge in [0.25, 0.3) is 11.6 Å². The molecule has 14 nitrogen and oxygen atoms in total. The van der Waals surface area contributed by atoms with E-state index in [0.717, 1.165) is 14.8 Å². The Morgan fingerprint density at radius 1 is 1.02 bits per heavy atom. The van der Waals surface area contributed by atoms with Crippen molar-refractivity contribution in [1.29, 1.82) is 0 Å². The van der Waals surface area contributed by atoms with Crippen LogP contribution >= 0.6 is 11.6 Å². The molecule has 4 amide bonds. The summed E-state index contributed by atoms with van der Waals surface area (Å²) in [5.41, 5.74) is 7.10. The molecule has 4 rings (SSSR count). The number of aliphatic hydroxyl groups is 1. The summed E-state index contributed by atoms with van der Waals surface area (Å²) in [5.74, 6) is -1.78. The van der Waals surface area contributed by atoms with Gasteiger partial charge in [0.2, 0.25) is 15.9 Å². The molecule has 0 spiro atoms. The Labute approximate surface area is 302 Å². The summed E-state index contributed by atoms with van der Waals surface area (Å²) in [6, 6.07) is 15.6. The zero-order valence-electron chi connectivity index (χ0n) is 28.8. The lowest BCUT2D eigenvalue weighted by Gasteiger charge is -2.34. The maximum atomic E-state index is 14.1. The molecular formula is C35H43ClN6O8S. The quantitative estimate of drug-likeness (QED) is 0.0839. The number of amides is 4. The number of nitrogens with zero attached hydrogens (tertiary/aromatic N) is 4. The number of nitrogens with one attached hydrogen (secondary N) is 1. The maximum Gasteiger partial charge on any atom is 0.328 e. The van der Waals surface area contributed by atoms with Crippen molar-refractivity contribution in [3.63, 3.8) is 0 Å². The van der Waals surface area contributed by atoms with E-state index < -0.39 is 56.9 Å². The van der Waals surface area contributed by atoms with Gasteiger partial charge in [0.15, 0.2) is 0 Å². The maximum absolute atomic E-state index is 14.1. The largest absolute Gasteiger partial charge is 0.397 e. The zero-order valence-corrected chi connectivity index (χ0v) is 30.4. The standard InChI is InChI=1S/C35H43ClN6O8S/c1-22(2)18-39(51(49,50)27-14-15-28(36)29(37)17-27)20-31(43)30(16-24-8-6-5-7-9-24)38-34(45)33(23(3)4)41-21-32(44)40(35(41)46)19-25-10-12-26(13-11-25)42(47)48/h5-15,17,22-23,30-31,33,43H,16,18-21,37H2,1-4H3,(H,38,45)/t30-,31-,33-/m0/s1. The summed E-state index contributed by atoms with van der Waals surface area (Å²) >= 11 is 6.04. The van der Waals surface area contributed by atoms with E-state index >= 15 is 0 Å². The molecular weight excluding hydrogens is 700 g/mol. The number of sulfonamides is 1. The third kappa shape index (κ3) is 9.61. The van der Waals surface area contributed by atoms with Crippen molar-refractivity contribution in [1.82, 2.24) is 19.4 Å². The zero-order chi connectivity index (χ0) is 37.6. The fourth-order valence-electron chi connectivity index (χ4n) is 5.91. The number of carbonyl (C=O) groups excluding carboxylic acids is 3. The Morgan fingerprint density at radius 2 is 1.67 bits per heavy atom. The number of nitrogens with two attached hydrogens (primary N) is 1. The van der Waals surface area contributed by atoms with E-state index in [2.05, 4.69) is 5.32 Å². The minimum absolute atomic E-state index is 0.0531. The van der Waals surface area contributed by atoms with Gasteiger partial charge in [-0.3, -0.25) is 24.6 Å². The van der Waals surface area contributed by atoms with Gasteiger partial charge in [-0.1, -0.05) is 81.8 Å². The van der Waals surface area contributed by atoms with Gasteiger partial charge in [0.1, 0.15) is 12.6 Å². The van der Waals surface area contributed by atoms with Crippen LogP contribution in [0.5, 0.6) is 0 Å². The van der Waals surface area contributed by atoms with E-state index in [1.54, 1.807) is 26.0 Å². The van der Waals surface area contributed by atoms with Gasteiger partial charge in [-0.05, 0) is 47.6 Å². The van der Waals surface area contributed by atoms with Gasteiger partial charge in [-0.2, -0.15) is 4.31 Å². The first-order valence-electron chi connectivity index (χ1n) is 16.4. The van der Waals surface area contributed by atoms with Gasteiger partial charge in [-0.15, -0.1) is 0 Å². The lowest BCUT2D eigenvalue weighted by atomic mass is 9.97. The van der Waals surface area contributed by atoms with Crippen LogP contribution in [0.2, 0.25) is 5.02 Å². The molecule has 0 unspecified atom stereocenters. The highest BCUT2D eigenvalue weighted by Crippen LogP contribution is 2.27. The summed E-state index contributed by atoms with van der Waals surface area (Å²) in [4.78, 5) is 53.3. The van der Waals surface area contributed by atoms with E-state index in [1.807, 2.05) is 32.0 Å². The summed E-state index contributed by atoms with van der Waals surface area (Å²) in [6.45, 7) is 6.26. The van der Waals surface area contributed by atoms with Gasteiger partial charge in [0.05, 0.1) is 39.2 Å². The molecule has 0 aromatic heterocycles. The van der Waals surface area contributed by atoms with Crippen LogP contribution in [0.4, 0.5) is 16.2 Å². The molecule has 0 aliphatic carbocycles. The van der Waals surface area contributed by atoms with E-state index in [4.69, 9.17) is 17.3 Å². The predicted octanol–water partition coefficient (Wildman–Crippen LogP) is 4.05. The van der Waals surface area contributed by atoms with Crippen LogP contribution < -0.4 is 11.1 Å². The Balaban J connectivity index is 1.59. The summed E-state index contributed by atoms with van der Waals surface area (Å²) in [5, 5.41) is 25.8. The minimum atomic E-state index is -4.17. The number of hydrogen-bond acceptors (Lipinski definition) is 9. The minimum Gasteiger partial charge on any atom is -0.397 e. The number of rotatable bonds is 16. The van der Waals surface area contributed by atoms with Crippen LogP contribution in [-0.4, -0.2) is 88.2 Å². The molecule has 274 valence electrons. The average molecular weight is 743 g/mol. The molecule has 1 fully saturated rings. The number of anilines is 1. The molecule has 1 heterocycles. The smallest absolute Gasteiger partial charge is 0.328 e. The third-order valence-corrected chi connectivity index (χ3v) is 10.6. The Kier molecular flexibility index (Phi) is 12.8. The number of nitro groups is 1. The predicted molar refractivity (Wildman–Crippen MR) is 192 cm³/mol. The van der Waals surface area contributed by atoms with Gasteiger partial charge < -0.3 is 21.1 Å². The van der Waals surface area contributed by atoms with Crippen LogP contribution in [-0.2, 0) is 32.6 Å². The van der Waals surface area contributed by atoms with Crippen LogP contribution in [0.1, 0.15) is 38.8 Å². The number of carbonyl (C=O) groups is 3. The number of imide groups is 1. The average Bonchev–Trinajstić information content (AvgIpc) is 3.33. The molecule has 4 N–H and O–H groups in total. The Bertz CT molecular complexity index is 1840. The highest BCUT2D eigenvalue weighted by molar-refractivity contribution is 7.89. The van der Waals surface area contributed by atoms with E-state index in [1.165, 1.54) is 47.4 Å². The second-order valence-electron chi connectivity index (χ2n) is 13.3. The molecule has 1 saturated heterocycles. The fraction of sp³-hybridized carbons (Fsp3) is 0.400. The van der Waals surface area contributed by atoms with E-state index in [-0.39, 0.29) is 59.8 Å². The molecule has 16 heteroatoms. The SMILES string of the molecule is CC(C)CN(C[C@H](O)[C@H](Cc1ccccc1)NC(=O)[C@H](C(C)C)N1CC(=O)N(Cc2ccc([N+](=O)[O-])cc2)C1=O)S(=O)(=O)c1ccc(Cl)c(N)c1. The first kappa shape index (κ1) is 39.2. The molecule has 0 radical (unpaired) electrons. The van der Waals surface area contributed by atoms with Gasteiger partial charge in [0, 0.05) is 25.2 Å². The monoisotopic (exact) mass is 742 g/mol. The van der Waals surface area contributed by atoms with E-state index in [9.17, 15) is 38.0 Å². The highest BCUT2D eigenvalue weighted by Gasteiger charge is 2.44. The first-order valence-corrected chi connectivity index (χ1v) is 18.2. The van der Waals surface area contributed by atoms with Crippen molar-refractivity contribution in [2.45, 2.75) is 63.7 Å². The van der Waals surface area contributed by atoms with Crippen molar-refractivity contribution in [3.8, 4) is 0 Å². The topological polar surface area (TPSA) is 196 Å². The third-order valence-electron chi connectivity index (χ3n) is 8.46. The summed E-state index contributed by atoms with van der Waals surface area (Å²) in [7, 11) is -4.17. The van der Waals surface area contributed by atoms with Gasteiger partial charge in [-0.25, -0.2) is 13.2 Å². The molecule has 0 saturated carbocycles. The lowest BCUT2D eigenvalue weighted by molar-refractivity contribution is -0.384. The second kappa shape index (κ2) is 16.6. The first-order chi connectivity index (χ1) is 24.0. The molecule has 3 aromatic carbocycles. The summed E-state index contributed by atoms with van der Waals surface area (Å²) < 4.78 is 28.8. The van der Waals surface area contributed by atoms with Crippen molar-refractivity contribution in [3.05, 3.63) is 99.1 Å². The number of aliphatic hydroxyl groups excluding tert-OH is 1. The van der Waals surface area contributed by atoms with Crippen molar-refractivity contribution >= 4 is 50.8 Å². The Hall–Kier alpha value is -4.57. The molecule has 3 aromatic rings. The fourth-order valence-corrected chi connectivity index (χ4v) is 7.68. The number of benzene rings is 3. The van der Waals surface area contributed by atoms with Crippen LogP contribution in [0, 0.1) is 22.0 Å². The molecule has 0 bridgehead atoms. The molecule has 51 heavy (non-hydrogen) atoms. The van der Waals surface area contributed by atoms with E-state index in [0.29, 0.717) is 5.56 Å². The number of nitro benzene ring substituents is 1. The molecule has 3 atom stereocenters. The van der Waals surface area contributed by atoms with Crippen LogP contribution in [0.3, 0.4) is 0 Å². The number of urea groups is 1. The van der Waals surface area contributed by atoms with Crippen LogP contribution in [0.25, 0.3) is 0 Å². The second-order valence-corrected chi connectivity index (χ2v) is 15.6. The van der Waals surface area contributed by atoms with Crippen molar-refractivity contribution in [2.75, 3.05) is 25.4 Å². The number of non-ortho nitro benzene ring substituents is 1.